The summed E-state index contributed by atoms with van der Waals surface area (Å²) in [5.41, 5.74) is 1.35. The summed E-state index contributed by atoms with van der Waals surface area (Å²) in [6.07, 6.45) is 0.601. The van der Waals surface area contributed by atoms with Crippen molar-refractivity contribution in [2.24, 2.45) is 0 Å². The van der Waals surface area contributed by atoms with Gasteiger partial charge in [-0.2, -0.15) is 0 Å². The lowest BCUT2D eigenvalue weighted by Crippen LogP contribution is -2.33. The minimum absolute atomic E-state index is 0.0498. The van der Waals surface area contributed by atoms with Crippen molar-refractivity contribution < 1.29 is 19.2 Å². The molecule has 31 heavy (non-hydrogen) atoms. The summed E-state index contributed by atoms with van der Waals surface area (Å²) < 4.78 is 10.8. The Morgan fingerprint density at radius 3 is 2.23 bits per heavy atom. The molecule has 0 saturated heterocycles. The molecule has 7 heteroatoms. The minimum atomic E-state index is -0.578. The SMILES string of the molecule is CCOc1cc(C(=O)N(CCc2ccccc2)c2ccccc2)c([N+](=O)[O-])cc1OC. The van der Waals surface area contributed by atoms with E-state index in [-0.39, 0.29) is 22.7 Å². The van der Waals surface area contributed by atoms with E-state index in [4.69, 9.17) is 9.47 Å². The number of para-hydroxylation sites is 1. The van der Waals surface area contributed by atoms with E-state index in [0.717, 1.165) is 5.56 Å². The van der Waals surface area contributed by atoms with Crippen LogP contribution in [0.15, 0.2) is 72.8 Å². The van der Waals surface area contributed by atoms with Gasteiger partial charge in [0.25, 0.3) is 11.6 Å². The summed E-state index contributed by atoms with van der Waals surface area (Å²) in [4.78, 5) is 26.3. The molecule has 7 nitrogen and oxygen atoms in total. The molecule has 0 unspecified atom stereocenters. The number of carbonyl (C=O) groups is 1. The van der Waals surface area contributed by atoms with Gasteiger partial charge in [-0.05, 0) is 31.0 Å². The molecule has 0 fully saturated rings. The number of methoxy groups -OCH3 is 1. The first-order valence-corrected chi connectivity index (χ1v) is 9.95. The molecule has 0 radical (unpaired) electrons. The van der Waals surface area contributed by atoms with Gasteiger partial charge in [0, 0.05) is 18.3 Å². The fraction of sp³-hybridized carbons (Fsp3) is 0.208. The Balaban J connectivity index is 2.03. The highest BCUT2D eigenvalue weighted by atomic mass is 16.6. The standard InChI is InChI=1S/C24H24N2O5/c1-3-31-23-16-20(21(26(28)29)17-22(23)30-2)24(27)25(19-12-8-5-9-13-19)15-14-18-10-6-4-7-11-18/h4-13,16-17H,3,14-15H2,1-2H3. The molecule has 0 atom stereocenters. The van der Waals surface area contributed by atoms with E-state index in [2.05, 4.69) is 0 Å². The molecule has 0 saturated carbocycles. The van der Waals surface area contributed by atoms with Gasteiger partial charge in [-0.1, -0.05) is 48.5 Å². The van der Waals surface area contributed by atoms with Gasteiger partial charge in [0.1, 0.15) is 5.56 Å². The maximum absolute atomic E-state index is 13.6. The second kappa shape index (κ2) is 10.2. The van der Waals surface area contributed by atoms with E-state index in [1.165, 1.54) is 19.2 Å². The van der Waals surface area contributed by atoms with Crippen LogP contribution < -0.4 is 14.4 Å². The van der Waals surface area contributed by atoms with Crippen molar-refractivity contribution in [3.8, 4) is 11.5 Å². The fourth-order valence-electron chi connectivity index (χ4n) is 3.29. The van der Waals surface area contributed by atoms with Crippen LogP contribution in [-0.2, 0) is 6.42 Å². The van der Waals surface area contributed by atoms with Crippen molar-refractivity contribution in [2.45, 2.75) is 13.3 Å². The predicted molar refractivity (Wildman–Crippen MR) is 119 cm³/mol. The van der Waals surface area contributed by atoms with E-state index < -0.39 is 10.8 Å². The van der Waals surface area contributed by atoms with Gasteiger partial charge in [-0.25, -0.2) is 0 Å². The second-order valence-electron chi connectivity index (χ2n) is 6.74. The number of carbonyl (C=O) groups excluding carboxylic acids is 1. The number of hydrogen-bond donors (Lipinski definition) is 0. The van der Waals surface area contributed by atoms with E-state index in [0.29, 0.717) is 25.3 Å². The zero-order valence-electron chi connectivity index (χ0n) is 17.5. The number of anilines is 1. The molecule has 0 N–H and O–H groups in total. The van der Waals surface area contributed by atoms with Gasteiger partial charge >= 0.3 is 0 Å². The van der Waals surface area contributed by atoms with Crippen LogP contribution in [0.4, 0.5) is 11.4 Å². The maximum Gasteiger partial charge on any atom is 0.286 e. The zero-order valence-corrected chi connectivity index (χ0v) is 17.5. The highest BCUT2D eigenvalue weighted by Crippen LogP contribution is 2.36. The third kappa shape index (κ3) is 5.19. The number of rotatable bonds is 9. The topological polar surface area (TPSA) is 81.9 Å². The Bertz CT molecular complexity index is 1040. The molecular weight excluding hydrogens is 396 g/mol. The Labute approximate surface area is 181 Å². The molecule has 0 aliphatic heterocycles. The van der Waals surface area contributed by atoms with Crippen LogP contribution in [0, 0.1) is 10.1 Å². The third-order valence-corrected chi connectivity index (χ3v) is 4.79. The van der Waals surface area contributed by atoms with Gasteiger partial charge in [0.2, 0.25) is 0 Å². The molecular formula is C24H24N2O5. The fourth-order valence-corrected chi connectivity index (χ4v) is 3.29. The largest absolute Gasteiger partial charge is 0.493 e. The van der Waals surface area contributed by atoms with Crippen molar-refractivity contribution >= 4 is 17.3 Å². The third-order valence-electron chi connectivity index (χ3n) is 4.79. The molecule has 160 valence electrons. The average molecular weight is 420 g/mol. The predicted octanol–water partition coefficient (Wildman–Crippen LogP) is 4.89. The Kier molecular flexibility index (Phi) is 7.22. The highest BCUT2D eigenvalue weighted by Gasteiger charge is 2.28. The quantitative estimate of drug-likeness (QED) is 0.364. The van der Waals surface area contributed by atoms with Gasteiger partial charge in [-0.15, -0.1) is 0 Å². The van der Waals surface area contributed by atoms with Gasteiger partial charge in [0.05, 0.1) is 24.7 Å². The summed E-state index contributed by atoms with van der Waals surface area (Å²) in [6.45, 7) is 2.48. The van der Waals surface area contributed by atoms with Crippen molar-refractivity contribution in [2.75, 3.05) is 25.2 Å². The number of ether oxygens (including phenoxy) is 2. The van der Waals surface area contributed by atoms with Crippen LogP contribution in [0.1, 0.15) is 22.8 Å². The second-order valence-corrected chi connectivity index (χ2v) is 6.74. The van der Waals surface area contributed by atoms with Crippen molar-refractivity contribution in [3.05, 3.63) is 94.0 Å². The average Bonchev–Trinajstić information content (AvgIpc) is 2.80. The first-order valence-electron chi connectivity index (χ1n) is 9.95. The number of nitro benzene ring substituents is 1. The summed E-state index contributed by atoms with van der Waals surface area (Å²) in [5, 5.41) is 11.7. The first kappa shape index (κ1) is 21.8. The molecule has 3 rings (SSSR count). The number of hydrogen-bond acceptors (Lipinski definition) is 5. The van der Waals surface area contributed by atoms with E-state index >= 15 is 0 Å². The van der Waals surface area contributed by atoms with Crippen molar-refractivity contribution in [1.29, 1.82) is 0 Å². The molecule has 0 aliphatic carbocycles. The van der Waals surface area contributed by atoms with Crippen LogP contribution in [0.2, 0.25) is 0 Å². The smallest absolute Gasteiger partial charge is 0.286 e. The zero-order chi connectivity index (χ0) is 22.2. The normalized spacial score (nSPS) is 10.4. The summed E-state index contributed by atoms with van der Waals surface area (Å²) in [5.74, 6) is 0.0214. The lowest BCUT2D eigenvalue weighted by atomic mass is 10.1. The lowest BCUT2D eigenvalue weighted by Gasteiger charge is -2.23. The number of nitrogens with zero attached hydrogens (tertiary/aromatic N) is 2. The number of nitro groups is 1. The maximum atomic E-state index is 13.6. The van der Waals surface area contributed by atoms with Gasteiger partial charge in [-0.3, -0.25) is 14.9 Å². The summed E-state index contributed by atoms with van der Waals surface area (Å²) in [6, 6.07) is 21.5. The van der Waals surface area contributed by atoms with E-state index in [9.17, 15) is 14.9 Å². The molecule has 0 aromatic heterocycles. The van der Waals surface area contributed by atoms with Crippen molar-refractivity contribution in [1.82, 2.24) is 0 Å². The Morgan fingerprint density at radius 1 is 1.00 bits per heavy atom. The van der Waals surface area contributed by atoms with Crippen LogP contribution in [0.25, 0.3) is 0 Å². The van der Waals surface area contributed by atoms with E-state index in [1.807, 2.05) is 60.7 Å². The highest BCUT2D eigenvalue weighted by molar-refractivity contribution is 6.09. The molecule has 1 amide bonds. The Hall–Kier alpha value is -3.87. The molecule has 0 heterocycles. The molecule has 0 aliphatic rings. The monoisotopic (exact) mass is 420 g/mol. The molecule has 3 aromatic rings. The Morgan fingerprint density at radius 2 is 1.65 bits per heavy atom. The molecule has 3 aromatic carbocycles. The van der Waals surface area contributed by atoms with Crippen molar-refractivity contribution in [3.63, 3.8) is 0 Å². The lowest BCUT2D eigenvalue weighted by molar-refractivity contribution is -0.385. The first-order chi connectivity index (χ1) is 15.0. The van der Waals surface area contributed by atoms with E-state index in [1.54, 1.807) is 11.8 Å². The number of amides is 1. The van der Waals surface area contributed by atoms with Crippen LogP contribution in [0.5, 0.6) is 11.5 Å². The summed E-state index contributed by atoms with van der Waals surface area (Å²) in [7, 11) is 1.40. The number of benzene rings is 3. The minimum Gasteiger partial charge on any atom is -0.493 e. The van der Waals surface area contributed by atoms with Crippen LogP contribution in [-0.4, -0.2) is 31.1 Å². The summed E-state index contributed by atoms with van der Waals surface area (Å²) >= 11 is 0. The van der Waals surface area contributed by atoms with Crippen LogP contribution >= 0.6 is 0 Å². The molecule has 0 bridgehead atoms. The van der Waals surface area contributed by atoms with Gasteiger partial charge in [0.15, 0.2) is 11.5 Å². The van der Waals surface area contributed by atoms with Crippen LogP contribution in [0.3, 0.4) is 0 Å². The molecule has 0 spiro atoms. The van der Waals surface area contributed by atoms with Gasteiger partial charge < -0.3 is 14.4 Å².